The molecule has 4 aliphatic rings. The van der Waals surface area contributed by atoms with Crippen LogP contribution in [0.15, 0.2) is 48.5 Å². The Bertz CT molecular complexity index is 865. The van der Waals surface area contributed by atoms with Gasteiger partial charge in [0.05, 0.1) is 19.3 Å². The molecule has 0 amide bonds. The summed E-state index contributed by atoms with van der Waals surface area (Å²) in [7, 11) is 0. The summed E-state index contributed by atoms with van der Waals surface area (Å²) < 4.78 is 33.8. The Morgan fingerprint density at radius 3 is 2.27 bits per heavy atom. The molecule has 3 heterocycles. The third-order valence-corrected chi connectivity index (χ3v) is 7.40. The van der Waals surface area contributed by atoms with Gasteiger partial charge in [0.1, 0.15) is 6.10 Å². The van der Waals surface area contributed by atoms with Gasteiger partial charge in [-0.2, -0.15) is 0 Å². The summed E-state index contributed by atoms with van der Waals surface area (Å²) in [6, 6.07) is 17.1. The van der Waals surface area contributed by atoms with Gasteiger partial charge < -0.3 is 14.2 Å². The zero-order chi connectivity index (χ0) is 20.1. The van der Waals surface area contributed by atoms with E-state index in [0.717, 1.165) is 19.3 Å². The Kier molecular flexibility index (Phi) is 4.68. The molecule has 0 bridgehead atoms. The second-order valence-electron chi connectivity index (χ2n) is 9.03. The topological polar surface area (TPSA) is 30.9 Å². The summed E-state index contributed by atoms with van der Waals surface area (Å²) in [6.07, 6.45) is 1.48. The first-order valence-electron chi connectivity index (χ1n) is 11.2. The summed E-state index contributed by atoms with van der Waals surface area (Å²) in [6.45, 7) is 2.58. The van der Waals surface area contributed by atoms with Gasteiger partial charge in [-0.05, 0) is 35.1 Å². The molecule has 1 aliphatic carbocycles. The predicted octanol–water partition coefficient (Wildman–Crippen LogP) is 4.34. The summed E-state index contributed by atoms with van der Waals surface area (Å²) >= 11 is 0. The number of benzene rings is 2. The molecule has 0 N–H and O–H groups in total. The van der Waals surface area contributed by atoms with Crippen molar-refractivity contribution in [2.45, 2.75) is 55.9 Å². The SMILES string of the molecule is FC(C1CC2c3ccccc3Cc3ccccc3C2O1)N1CCC2(CC1)OCCO2. The highest BCUT2D eigenvalue weighted by Crippen LogP contribution is 2.50. The van der Waals surface area contributed by atoms with Crippen LogP contribution in [0.3, 0.4) is 0 Å². The molecule has 0 saturated carbocycles. The molecule has 4 atom stereocenters. The number of halogens is 1. The van der Waals surface area contributed by atoms with Crippen LogP contribution in [0.2, 0.25) is 0 Å². The standard InChI is InChI=1S/C25H28FNO3/c26-24(27-11-9-25(10-12-27)28-13-14-29-25)22-16-21-19-7-3-1-5-17(19)15-18-6-2-4-8-20(18)23(21)30-22/h1-8,21-24H,9-16H2. The van der Waals surface area contributed by atoms with Crippen molar-refractivity contribution in [1.82, 2.24) is 4.90 Å². The summed E-state index contributed by atoms with van der Waals surface area (Å²) in [5.74, 6) is -0.276. The molecule has 2 aromatic carbocycles. The van der Waals surface area contributed by atoms with Crippen LogP contribution >= 0.6 is 0 Å². The van der Waals surface area contributed by atoms with E-state index in [0.29, 0.717) is 32.7 Å². The van der Waals surface area contributed by atoms with Crippen molar-refractivity contribution in [2.24, 2.45) is 0 Å². The van der Waals surface area contributed by atoms with Crippen LogP contribution in [-0.2, 0) is 20.6 Å². The highest BCUT2D eigenvalue weighted by atomic mass is 19.1. The minimum atomic E-state index is -1.10. The zero-order valence-electron chi connectivity index (χ0n) is 17.1. The van der Waals surface area contributed by atoms with Crippen molar-refractivity contribution < 1.29 is 18.6 Å². The highest BCUT2D eigenvalue weighted by Gasteiger charge is 2.47. The number of piperidine rings is 1. The number of ether oxygens (including phenoxy) is 3. The molecule has 3 aliphatic heterocycles. The van der Waals surface area contributed by atoms with Crippen LogP contribution in [-0.4, -0.2) is 49.4 Å². The monoisotopic (exact) mass is 409 g/mol. The van der Waals surface area contributed by atoms with E-state index in [2.05, 4.69) is 48.5 Å². The molecule has 2 aromatic rings. The third kappa shape index (κ3) is 3.11. The maximum Gasteiger partial charge on any atom is 0.180 e. The van der Waals surface area contributed by atoms with E-state index in [9.17, 15) is 0 Å². The quantitative estimate of drug-likeness (QED) is 0.691. The van der Waals surface area contributed by atoms with E-state index < -0.39 is 18.2 Å². The van der Waals surface area contributed by atoms with Gasteiger partial charge in [0.25, 0.3) is 0 Å². The fourth-order valence-electron chi connectivity index (χ4n) is 5.84. The second kappa shape index (κ2) is 7.41. The Labute approximate surface area is 176 Å². The van der Waals surface area contributed by atoms with Crippen molar-refractivity contribution in [1.29, 1.82) is 0 Å². The lowest BCUT2D eigenvalue weighted by molar-refractivity contribution is -0.197. The fraction of sp³-hybridized carbons (Fsp3) is 0.520. The van der Waals surface area contributed by atoms with Gasteiger partial charge in [-0.3, -0.25) is 4.90 Å². The number of alkyl halides is 1. The molecular formula is C25H28FNO3. The molecule has 30 heavy (non-hydrogen) atoms. The predicted molar refractivity (Wildman–Crippen MR) is 111 cm³/mol. The van der Waals surface area contributed by atoms with Crippen LogP contribution in [0.5, 0.6) is 0 Å². The number of hydrogen-bond acceptors (Lipinski definition) is 4. The van der Waals surface area contributed by atoms with E-state index in [4.69, 9.17) is 14.2 Å². The lowest BCUT2D eigenvalue weighted by Crippen LogP contribution is -2.50. The van der Waals surface area contributed by atoms with Gasteiger partial charge in [0.15, 0.2) is 12.1 Å². The first kappa shape index (κ1) is 18.9. The summed E-state index contributed by atoms with van der Waals surface area (Å²) in [5.41, 5.74) is 5.18. The lowest BCUT2D eigenvalue weighted by atomic mass is 9.87. The van der Waals surface area contributed by atoms with E-state index in [1.54, 1.807) is 0 Å². The van der Waals surface area contributed by atoms with Crippen molar-refractivity contribution in [3.05, 3.63) is 70.8 Å². The van der Waals surface area contributed by atoms with Crippen LogP contribution in [0.1, 0.15) is 53.5 Å². The maximum absolute atomic E-state index is 15.7. The van der Waals surface area contributed by atoms with E-state index in [1.165, 1.54) is 22.3 Å². The van der Waals surface area contributed by atoms with Gasteiger partial charge in [-0.1, -0.05) is 48.5 Å². The van der Waals surface area contributed by atoms with Gasteiger partial charge >= 0.3 is 0 Å². The molecular weight excluding hydrogens is 381 g/mol. The largest absolute Gasteiger partial charge is 0.365 e. The van der Waals surface area contributed by atoms with Crippen LogP contribution in [0.25, 0.3) is 0 Å². The van der Waals surface area contributed by atoms with Gasteiger partial charge in [-0.15, -0.1) is 0 Å². The van der Waals surface area contributed by atoms with Crippen molar-refractivity contribution in [2.75, 3.05) is 26.3 Å². The van der Waals surface area contributed by atoms with Crippen molar-refractivity contribution in [3.63, 3.8) is 0 Å². The number of nitrogens with zero attached hydrogens (tertiary/aromatic N) is 1. The number of hydrogen-bond donors (Lipinski definition) is 0. The van der Waals surface area contributed by atoms with Crippen molar-refractivity contribution in [3.8, 4) is 0 Å². The van der Waals surface area contributed by atoms with Crippen LogP contribution < -0.4 is 0 Å². The number of likely N-dealkylation sites (tertiary alicyclic amines) is 1. The highest BCUT2D eigenvalue weighted by molar-refractivity contribution is 5.45. The molecule has 4 nitrogen and oxygen atoms in total. The molecule has 6 rings (SSSR count). The van der Waals surface area contributed by atoms with Gasteiger partial charge in [0.2, 0.25) is 0 Å². The van der Waals surface area contributed by atoms with E-state index in [1.807, 2.05) is 4.90 Å². The van der Waals surface area contributed by atoms with Crippen LogP contribution in [0.4, 0.5) is 4.39 Å². The Morgan fingerprint density at radius 1 is 0.900 bits per heavy atom. The van der Waals surface area contributed by atoms with Gasteiger partial charge in [0, 0.05) is 31.8 Å². The smallest absolute Gasteiger partial charge is 0.180 e. The average Bonchev–Trinajstić information content (AvgIpc) is 3.40. The van der Waals surface area contributed by atoms with Crippen molar-refractivity contribution >= 4 is 0 Å². The minimum absolute atomic E-state index is 0.0780. The minimum Gasteiger partial charge on any atom is -0.365 e. The average molecular weight is 410 g/mol. The lowest BCUT2D eigenvalue weighted by Gasteiger charge is -2.40. The van der Waals surface area contributed by atoms with Crippen LogP contribution in [0, 0.1) is 0 Å². The first-order chi connectivity index (χ1) is 14.7. The summed E-state index contributed by atoms with van der Waals surface area (Å²) in [4.78, 5) is 1.92. The number of rotatable bonds is 2. The first-order valence-corrected chi connectivity index (χ1v) is 11.2. The maximum atomic E-state index is 15.7. The molecule has 1 spiro atoms. The number of fused-ring (bicyclic) bond motifs is 5. The molecule has 158 valence electrons. The fourth-order valence-corrected chi connectivity index (χ4v) is 5.84. The zero-order valence-corrected chi connectivity index (χ0v) is 17.1. The molecule has 4 unspecified atom stereocenters. The molecule has 3 fully saturated rings. The molecule has 0 radical (unpaired) electrons. The normalized spacial score (nSPS) is 31.0. The Morgan fingerprint density at radius 2 is 1.53 bits per heavy atom. The van der Waals surface area contributed by atoms with E-state index >= 15 is 4.39 Å². The van der Waals surface area contributed by atoms with Gasteiger partial charge in [-0.25, -0.2) is 4.39 Å². The molecule has 0 aromatic heterocycles. The molecule has 3 saturated heterocycles. The Hall–Kier alpha value is -1.79. The molecule has 5 heteroatoms. The van der Waals surface area contributed by atoms with E-state index in [-0.39, 0.29) is 12.0 Å². The third-order valence-electron chi connectivity index (χ3n) is 7.40. The summed E-state index contributed by atoms with van der Waals surface area (Å²) in [5, 5.41) is 0. The second-order valence-corrected chi connectivity index (χ2v) is 9.03. The Balaban J connectivity index is 1.25.